The minimum atomic E-state index is -4.54. The average molecular weight is 483 g/mol. The van der Waals surface area contributed by atoms with Gasteiger partial charge in [-0.25, -0.2) is 4.68 Å². The number of rotatable bonds is 5. The molecule has 2 unspecified atom stereocenters. The van der Waals surface area contributed by atoms with E-state index in [4.69, 9.17) is 23.2 Å². The van der Waals surface area contributed by atoms with E-state index in [0.717, 1.165) is 10.2 Å². The number of hydrogen-bond donors (Lipinski definition) is 2. The number of halogens is 5. The monoisotopic (exact) mass is 482 g/mol. The van der Waals surface area contributed by atoms with Crippen molar-refractivity contribution in [2.45, 2.75) is 31.1 Å². The molecule has 0 bridgehead atoms. The van der Waals surface area contributed by atoms with Crippen molar-refractivity contribution in [3.8, 4) is 0 Å². The van der Waals surface area contributed by atoms with Crippen LogP contribution in [0.1, 0.15) is 40.1 Å². The molecule has 0 fully saturated rings. The Morgan fingerprint density at radius 2 is 1.88 bits per heavy atom. The minimum absolute atomic E-state index is 0.0791. The molecule has 1 aliphatic heterocycles. The Morgan fingerprint density at radius 3 is 2.56 bits per heavy atom. The maximum Gasteiger partial charge on any atom is 0.410 e. The number of fused-ring (bicyclic) bond motifs is 1. The summed E-state index contributed by atoms with van der Waals surface area (Å²) in [6.07, 6.45) is -4.24. The Labute approximate surface area is 192 Å². The first-order valence-corrected chi connectivity index (χ1v) is 10.7. The van der Waals surface area contributed by atoms with Gasteiger partial charge in [-0.2, -0.15) is 18.3 Å². The number of amides is 1. The van der Waals surface area contributed by atoms with Crippen molar-refractivity contribution in [2.75, 3.05) is 11.9 Å². The Bertz CT molecular complexity index is 1120. The van der Waals surface area contributed by atoms with Crippen LogP contribution in [-0.4, -0.2) is 28.4 Å². The number of nitrogens with zero attached hydrogens (tertiary/aromatic N) is 2. The number of anilines is 1. The molecule has 1 aromatic heterocycles. The quantitative estimate of drug-likeness (QED) is 0.481. The van der Waals surface area contributed by atoms with Crippen molar-refractivity contribution in [3.05, 3.63) is 81.5 Å². The molecule has 2 heterocycles. The lowest BCUT2D eigenvalue weighted by molar-refractivity contribution is -0.173. The third kappa shape index (κ3) is 4.86. The van der Waals surface area contributed by atoms with Crippen LogP contribution >= 0.6 is 23.2 Å². The molecule has 1 amide bonds. The van der Waals surface area contributed by atoms with Gasteiger partial charge in [0.25, 0.3) is 5.91 Å². The van der Waals surface area contributed by atoms with E-state index in [-0.39, 0.29) is 23.0 Å². The van der Waals surface area contributed by atoms with Crippen molar-refractivity contribution >= 4 is 34.9 Å². The molecule has 0 saturated heterocycles. The predicted octanol–water partition coefficient (Wildman–Crippen LogP) is 5.82. The topological polar surface area (TPSA) is 59.0 Å². The number of aromatic nitrogens is 2. The Morgan fingerprint density at radius 1 is 1.12 bits per heavy atom. The van der Waals surface area contributed by atoms with Gasteiger partial charge in [-0.3, -0.25) is 4.79 Å². The molecule has 2 atom stereocenters. The van der Waals surface area contributed by atoms with Crippen LogP contribution in [0.2, 0.25) is 10.0 Å². The van der Waals surface area contributed by atoms with Gasteiger partial charge in [-0.05, 0) is 29.7 Å². The van der Waals surface area contributed by atoms with Crippen molar-refractivity contribution in [1.82, 2.24) is 15.1 Å². The molecule has 0 spiro atoms. The number of hydrogen-bond acceptors (Lipinski definition) is 3. The first-order valence-electron chi connectivity index (χ1n) is 9.92. The molecular formula is C22H19Cl2F3N4O. The Balaban J connectivity index is 1.53. The van der Waals surface area contributed by atoms with Gasteiger partial charge in [-0.15, -0.1) is 0 Å². The van der Waals surface area contributed by atoms with Crippen molar-refractivity contribution in [3.63, 3.8) is 0 Å². The predicted molar refractivity (Wildman–Crippen MR) is 117 cm³/mol. The summed E-state index contributed by atoms with van der Waals surface area (Å²) in [7, 11) is 0. The van der Waals surface area contributed by atoms with Crippen LogP contribution in [0.5, 0.6) is 0 Å². The van der Waals surface area contributed by atoms with Crippen molar-refractivity contribution in [1.29, 1.82) is 0 Å². The summed E-state index contributed by atoms with van der Waals surface area (Å²) in [4.78, 5) is 12.5. The Kier molecular flexibility index (Phi) is 6.35. The molecule has 0 saturated carbocycles. The first kappa shape index (κ1) is 22.5. The van der Waals surface area contributed by atoms with Gasteiger partial charge in [0.05, 0.1) is 16.1 Å². The van der Waals surface area contributed by atoms with Crippen molar-refractivity contribution in [2.24, 2.45) is 0 Å². The maximum atomic E-state index is 13.8. The van der Waals surface area contributed by atoms with Gasteiger partial charge in [-0.1, -0.05) is 59.6 Å². The third-order valence-corrected chi connectivity index (χ3v) is 6.05. The molecule has 2 N–H and O–H groups in total. The van der Waals surface area contributed by atoms with Crippen LogP contribution in [0.4, 0.5) is 19.0 Å². The van der Waals surface area contributed by atoms with E-state index in [1.54, 1.807) is 12.1 Å². The number of carbonyl (C=O) groups excluding carboxylic acids is 1. The van der Waals surface area contributed by atoms with Gasteiger partial charge < -0.3 is 10.6 Å². The highest BCUT2D eigenvalue weighted by atomic mass is 35.5. The molecule has 2 aromatic carbocycles. The summed E-state index contributed by atoms with van der Waals surface area (Å²) in [5.41, 5.74) is 1.53. The lowest BCUT2D eigenvalue weighted by Crippen LogP contribution is -2.35. The zero-order chi connectivity index (χ0) is 22.9. The van der Waals surface area contributed by atoms with E-state index in [0.29, 0.717) is 23.6 Å². The SMILES string of the molecule is O=C(NCCc1ccccc1)c1cc2n(n1)C(C(F)(F)F)CC(c1ccc(Cl)c(Cl)c1)N2. The van der Waals surface area contributed by atoms with E-state index in [1.807, 2.05) is 30.3 Å². The fourth-order valence-corrected chi connectivity index (χ4v) is 3.99. The van der Waals surface area contributed by atoms with E-state index in [9.17, 15) is 18.0 Å². The van der Waals surface area contributed by atoms with Gasteiger partial charge >= 0.3 is 6.18 Å². The molecule has 1 aliphatic rings. The summed E-state index contributed by atoms with van der Waals surface area (Å²) in [6, 6.07) is 13.0. The maximum absolute atomic E-state index is 13.8. The summed E-state index contributed by atoms with van der Waals surface area (Å²) in [5.74, 6) is -0.417. The number of carbonyl (C=O) groups is 1. The van der Waals surface area contributed by atoms with Gasteiger partial charge in [0, 0.05) is 19.0 Å². The average Bonchev–Trinajstić information content (AvgIpc) is 3.19. The summed E-state index contributed by atoms with van der Waals surface area (Å²) >= 11 is 12.0. The first-order chi connectivity index (χ1) is 15.2. The molecule has 4 rings (SSSR count). The van der Waals surface area contributed by atoms with Crippen LogP contribution in [0.25, 0.3) is 0 Å². The van der Waals surface area contributed by atoms with Crippen LogP contribution in [0, 0.1) is 0 Å². The molecule has 32 heavy (non-hydrogen) atoms. The number of nitrogens with one attached hydrogen (secondary N) is 2. The molecule has 0 aliphatic carbocycles. The highest BCUT2D eigenvalue weighted by Crippen LogP contribution is 2.44. The molecule has 5 nitrogen and oxygen atoms in total. The van der Waals surface area contributed by atoms with E-state index >= 15 is 0 Å². The standard InChI is InChI=1S/C22H19Cl2F3N4O/c23-15-7-6-14(10-16(15)24)17-11-19(22(25,26)27)31-20(29-17)12-18(30-31)21(32)28-9-8-13-4-2-1-3-5-13/h1-7,10,12,17,19,29H,8-9,11H2,(H,28,32). The summed E-state index contributed by atoms with van der Waals surface area (Å²) < 4.78 is 42.3. The highest BCUT2D eigenvalue weighted by Gasteiger charge is 2.46. The zero-order valence-corrected chi connectivity index (χ0v) is 18.2. The second-order valence-electron chi connectivity index (χ2n) is 7.51. The van der Waals surface area contributed by atoms with Crippen LogP contribution in [0.3, 0.4) is 0 Å². The van der Waals surface area contributed by atoms with E-state index < -0.39 is 24.2 Å². The lowest BCUT2D eigenvalue weighted by atomic mass is 9.97. The minimum Gasteiger partial charge on any atom is -0.363 e. The zero-order valence-electron chi connectivity index (χ0n) is 16.7. The summed E-state index contributed by atoms with van der Waals surface area (Å²) in [6.45, 7) is 0.340. The Hall–Kier alpha value is -2.71. The number of alkyl halides is 3. The second kappa shape index (κ2) is 9.03. The largest absolute Gasteiger partial charge is 0.410 e. The van der Waals surface area contributed by atoms with Crippen LogP contribution in [-0.2, 0) is 6.42 Å². The van der Waals surface area contributed by atoms with Crippen molar-refractivity contribution < 1.29 is 18.0 Å². The summed E-state index contributed by atoms with van der Waals surface area (Å²) in [5, 5.41) is 10.3. The van der Waals surface area contributed by atoms with Crippen LogP contribution < -0.4 is 10.6 Å². The highest BCUT2D eigenvalue weighted by molar-refractivity contribution is 6.42. The van der Waals surface area contributed by atoms with Gasteiger partial charge in [0.1, 0.15) is 5.82 Å². The molecule has 10 heteroatoms. The molecule has 0 radical (unpaired) electrons. The fraction of sp³-hybridized carbons (Fsp3) is 0.273. The molecule has 168 valence electrons. The molecule has 3 aromatic rings. The van der Waals surface area contributed by atoms with Gasteiger partial charge in [0.15, 0.2) is 11.7 Å². The normalized spacial score (nSPS) is 18.0. The third-order valence-electron chi connectivity index (χ3n) is 5.31. The van der Waals surface area contributed by atoms with E-state index in [2.05, 4.69) is 15.7 Å². The smallest absolute Gasteiger partial charge is 0.363 e. The van der Waals surface area contributed by atoms with Crippen LogP contribution in [0.15, 0.2) is 54.6 Å². The molecular weight excluding hydrogens is 464 g/mol. The second-order valence-corrected chi connectivity index (χ2v) is 8.33. The lowest BCUT2D eigenvalue weighted by Gasteiger charge is -2.33. The van der Waals surface area contributed by atoms with Gasteiger partial charge in [0.2, 0.25) is 0 Å². The van der Waals surface area contributed by atoms with E-state index in [1.165, 1.54) is 12.1 Å². The number of benzene rings is 2. The fourth-order valence-electron chi connectivity index (χ4n) is 3.69.